The third-order valence-electron chi connectivity index (χ3n) is 5.04. The fourth-order valence-electron chi connectivity index (χ4n) is 3.58. The lowest BCUT2D eigenvalue weighted by molar-refractivity contribution is -0.228. The van der Waals surface area contributed by atoms with Gasteiger partial charge in [-0.1, -0.05) is 12.8 Å². The quantitative estimate of drug-likeness (QED) is 0.769. The number of nitrogens with zero attached hydrogens (tertiary/aromatic N) is 1. The first-order valence-corrected chi connectivity index (χ1v) is 7.56. The third kappa shape index (κ3) is 3.19. The largest absolute Gasteiger partial charge is 0.481 e. The maximum Gasteiger partial charge on any atom is 0.406 e. The Hall–Kier alpha value is -1.48. The second kappa shape index (κ2) is 6.11. The molecule has 10 heteroatoms. The molecule has 1 aliphatic heterocycles. The van der Waals surface area contributed by atoms with Gasteiger partial charge in [0.2, 0.25) is 5.91 Å². The lowest BCUT2D eigenvalue weighted by Crippen LogP contribution is -2.49. The summed E-state index contributed by atoms with van der Waals surface area (Å²) in [7, 11) is 0. The molecule has 138 valence electrons. The molecule has 0 aromatic carbocycles. The van der Waals surface area contributed by atoms with E-state index in [4.69, 9.17) is 5.11 Å². The first kappa shape index (κ1) is 18.9. The van der Waals surface area contributed by atoms with Crippen LogP contribution in [-0.2, 0) is 9.59 Å². The second-order valence-electron chi connectivity index (χ2n) is 6.43. The Morgan fingerprint density at radius 1 is 1.04 bits per heavy atom. The summed E-state index contributed by atoms with van der Waals surface area (Å²) in [5.74, 6) is -6.45. The van der Waals surface area contributed by atoms with Gasteiger partial charge in [-0.15, -0.1) is 0 Å². The van der Waals surface area contributed by atoms with E-state index in [0.29, 0.717) is 17.7 Å². The van der Waals surface area contributed by atoms with Crippen LogP contribution in [0.2, 0.25) is 0 Å². The van der Waals surface area contributed by atoms with Crippen LogP contribution in [0.1, 0.15) is 32.1 Å². The Labute approximate surface area is 133 Å². The molecule has 24 heavy (non-hydrogen) atoms. The number of alkyl halides is 6. The number of hydrogen-bond donors (Lipinski definition) is 1. The fraction of sp³-hybridized carbons (Fsp3) is 0.857. The van der Waals surface area contributed by atoms with E-state index >= 15 is 0 Å². The van der Waals surface area contributed by atoms with Crippen LogP contribution in [0.15, 0.2) is 0 Å². The van der Waals surface area contributed by atoms with E-state index < -0.39 is 61.0 Å². The number of likely N-dealkylation sites (tertiary alicyclic amines) is 1. The van der Waals surface area contributed by atoms with Crippen LogP contribution in [0.3, 0.4) is 0 Å². The Morgan fingerprint density at radius 2 is 1.62 bits per heavy atom. The number of hydrogen-bond acceptors (Lipinski definition) is 2. The molecule has 2 rings (SSSR count). The predicted octanol–water partition coefficient (Wildman–Crippen LogP) is 3.22. The van der Waals surface area contributed by atoms with Gasteiger partial charge < -0.3 is 10.0 Å². The zero-order valence-corrected chi connectivity index (χ0v) is 12.6. The first-order chi connectivity index (χ1) is 10.9. The first-order valence-electron chi connectivity index (χ1n) is 7.56. The lowest BCUT2D eigenvalue weighted by atomic mass is 9.78. The highest BCUT2D eigenvalue weighted by Crippen LogP contribution is 2.48. The molecule has 3 unspecified atom stereocenters. The number of amides is 1. The number of rotatable bonds is 2. The van der Waals surface area contributed by atoms with Crippen LogP contribution in [0, 0.1) is 17.3 Å². The molecule has 1 N–H and O–H groups in total. The monoisotopic (exact) mass is 361 g/mol. The molecular formula is C14H17F6NO3. The summed E-state index contributed by atoms with van der Waals surface area (Å²) in [6, 6.07) is 0. The van der Waals surface area contributed by atoms with Crippen molar-refractivity contribution in [3.05, 3.63) is 0 Å². The van der Waals surface area contributed by atoms with Crippen molar-refractivity contribution in [2.75, 3.05) is 13.1 Å². The summed E-state index contributed by atoms with van der Waals surface area (Å²) in [5.41, 5.74) is -3.11. The van der Waals surface area contributed by atoms with Crippen molar-refractivity contribution in [3.8, 4) is 0 Å². The van der Waals surface area contributed by atoms with Gasteiger partial charge in [0.1, 0.15) is 0 Å². The van der Waals surface area contributed by atoms with E-state index in [1.54, 1.807) is 0 Å². The van der Waals surface area contributed by atoms with Crippen LogP contribution >= 0.6 is 0 Å². The van der Waals surface area contributed by atoms with Gasteiger partial charge in [0.25, 0.3) is 0 Å². The highest BCUT2D eigenvalue weighted by molar-refractivity contribution is 5.83. The van der Waals surface area contributed by atoms with E-state index in [9.17, 15) is 35.9 Å². The van der Waals surface area contributed by atoms with Crippen molar-refractivity contribution in [2.45, 2.75) is 44.5 Å². The van der Waals surface area contributed by atoms with Crippen molar-refractivity contribution in [1.29, 1.82) is 0 Å². The Kier molecular flexibility index (Phi) is 4.80. The predicted molar refractivity (Wildman–Crippen MR) is 68.8 cm³/mol. The number of carbonyl (C=O) groups excluding carboxylic acids is 1. The topological polar surface area (TPSA) is 57.6 Å². The minimum Gasteiger partial charge on any atom is -0.481 e. The highest BCUT2D eigenvalue weighted by Gasteiger charge is 2.64. The normalized spacial score (nSPS) is 32.0. The third-order valence-corrected chi connectivity index (χ3v) is 5.04. The van der Waals surface area contributed by atoms with Gasteiger partial charge in [-0.3, -0.25) is 9.59 Å². The van der Waals surface area contributed by atoms with E-state index in [0.717, 1.165) is 0 Å². The second-order valence-corrected chi connectivity index (χ2v) is 6.43. The van der Waals surface area contributed by atoms with E-state index in [2.05, 4.69) is 0 Å². The van der Waals surface area contributed by atoms with Crippen LogP contribution in [0.25, 0.3) is 0 Å². The molecule has 0 aromatic heterocycles. The van der Waals surface area contributed by atoms with Crippen molar-refractivity contribution < 1.29 is 41.0 Å². The van der Waals surface area contributed by atoms with Gasteiger partial charge in [-0.2, -0.15) is 26.3 Å². The summed E-state index contributed by atoms with van der Waals surface area (Å²) < 4.78 is 78.5. The molecule has 1 aliphatic carbocycles. The van der Waals surface area contributed by atoms with E-state index in [-0.39, 0.29) is 12.8 Å². The Balaban J connectivity index is 2.20. The van der Waals surface area contributed by atoms with Gasteiger partial charge in [0, 0.05) is 19.0 Å². The van der Waals surface area contributed by atoms with E-state index in [1.165, 1.54) is 0 Å². The minimum absolute atomic E-state index is 0.0500. The summed E-state index contributed by atoms with van der Waals surface area (Å²) in [5, 5.41) is 8.95. The van der Waals surface area contributed by atoms with Crippen LogP contribution in [0.4, 0.5) is 26.3 Å². The molecule has 1 saturated carbocycles. The maximum absolute atomic E-state index is 13.1. The SMILES string of the molecule is O=C(C1CCCCC1C(F)(F)F)N1CCC(C(=O)O)(C(F)(F)F)C1. The Morgan fingerprint density at radius 3 is 2.08 bits per heavy atom. The van der Waals surface area contributed by atoms with Gasteiger partial charge in [-0.25, -0.2) is 0 Å². The summed E-state index contributed by atoms with van der Waals surface area (Å²) in [6.07, 6.45) is -10.1. The molecule has 4 nitrogen and oxygen atoms in total. The molecule has 1 heterocycles. The number of halogens is 6. The molecule has 0 radical (unpaired) electrons. The summed E-state index contributed by atoms with van der Waals surface area (Å²) in [6.45, 7) is -1.64. The fourth-order valence-corrected chi connectivity index (χ4v) is 3.58. The van der Waals surface area contributed by atoms with Gasteiger partial charge in [-0.05, 0) is 19.3 Å². The zero-order chi connectivity index (χ0) is 18.3. The van der Waals surface area contributed by atoms with Gasteiger partial charge >= 0.3 is 18.3 Å². The molecular weight excluding hydrogens is 344 g/mol. The van der Waals surface area contributed by atoms with Crippen molar-refractivity contribution in [2.24, 2.45) is 17.3 Å². The maximum atomic E-state index is 13.1. The highest BCUT2D eigenvalue weighted by atomic mass is 19.4. The van der Waals surface area contributed by atoms with Gasteiger partial charge in [0.05, 0.1) is 5.92 Å². The number of carboxylic acid groups (broad SMARTS) is 1. The number of aliphatic carboxylic acids is 1. The van der Waals surface area contributed by atoms with E-state index in [1.807, 2.05) is 0 Å². The average molecular weight is 361 g/mol. The molecule has 0 aromatic rings. The smallest absolute Gasteiger partial charge is 0.406 e. The van der Waals surface area contributed by atoms with Crippen LogP contribution in [-0.4, -0.2) is 47.3 Å². The molecule has 1 amide bonds. The molecule has 2 aliphatic rings. The Bertz CT molecular complexity index is 518. The average Bonchev–Trinajstić information content (AvgIpc) is 2.92. The number of carboxylic acids is 1. The lowest BCUT2D eigenvalue weighted by Gasteiger charge is -2.35. The van der Waals surface area contributed by atoms with Gasteiger partial charge in [0.15, 0.2) is 5.41 Å². The molecule has 1 saturated heterocycles. The molecule has 3 atom stereocenters. The molecule has 0 bridgehead atoms. The standard InChI is InChI=1S/C14H17F6NO3/c15-13(16,17)9-4-2-1-3-8(9)10(22)21-6-5-12(7-21,11(23)24)14(18,19)20/h8-9H,1-7H2,(H,23,24). The molecule has 0 spiro atoms. The van der Waals surface area contributed by atoms with Crippen LogP contribution in [0.5, 0.6) is 0 Å². The van der Waals surface area contributed by atoms with Crippen molar-refractivity contribution >= 4 is 11.9 Å². The van der Waals surface area contributed by atoms with Crippen molar-refractivity contribution in [1.82, 2.24) is 4.90 Å². The summed E-state index contributed by atoms with van der Waals surface area (Å²) in [4.78, 5) is 24.1. The summed E-state index contributed by atoms with van der Waals surface area (Å²) >= 11 is 0. The zero-order valence-electron chi connectivity index (χ0n) is 12.6. The minimum atomic E-state index is -5.08. The number of carbonyl (C=O) groups is 2. The van der Waals surface area contributed by atoms with Crippen molar-refractivity contribution in [3.63, 3.8) is 0 Å². The van der Waals surface area contributed by atoms with Crippen LogP contribution < -0.4 is 0 Å². The molecule has 2 fully saturated rings.